The van der Waals surface area contributed by atoms with Crippen LogP contribution in [0.15, 0.2) is 192 Å². The number of benzene rings is 7. The van der Waals surface area contributed by atoms with Crippen molar-refractivity contribution in [1.29, 1.82) is 0 Å². The molecule has 4 nitrogen and oxygen atoms in total. The van der Waals surface area contributed by atoms with E-state index in [-0.39, 0.29) is 0 Å². The maximum absolute atomic E-state index is 6.11. The summed E-state index contributed by atoms with van der Waals surface area (Å²) in [5, 5.41) is 3.51. The van der Waals surface area contributed by atoms with Gasteiger partial charge < -0.3 is 9.32 Å². The number of nitrogens with zero attached hydrogens (tertiary/aromatic N) is 3. The van der Waals surface area contributed by atoms with Gasteiger partial charge in [-0.25, -0.2) is 9.97 Å². The minimum absolute atomic E-state index is 0.610. The van der Waals surface area contributed by atoms with Crippen LogP contribution in [0.25, 0.3) is 86.1 Å². The lowest BCUT2D eigenvalue weighted by Crippen LogP contribution is -2.09. The van der Waals surface area contributed by atoms with Gasteiger partial charge in [0.05, 0.1) is 10.2 Å². The minimum atomic E-state index is 0.610. The van der Waals surface area contributed by atoms with Gasteiger partial charge in [-0.2, -0.15) is 0 Å². The van der Waals surface area contributed by atoms with Crippen LogP contribution in [0.1, 0.15) is 0 Å². The molecular formula is C50H31N3OS2. The Kier molecular flexibility index (Phi) is 7.83. The molecule has 9 aromatic rings. The molecule has 2 aromatic heterocycles. The third kappa shape index (κ3) is 5.75. The Balaban J connectivity index is 1.00. The summed E-state index contributed by atoms with van der Waals surface area (Å²) in [5.41, 5.74) is 12.7. The van der Waals surface area contributed by atoms with Crippen LogP contribution in [0, 0.1) is 0 Å². The molecule has 2 aliphatic rings. The summed E-state index contributed by atoms with van der Waals surface area (Å²) in [4.78, 5) is 14.5. The smallest absolute Gasteiger partial charge is 0.227 e. The van der Waals surface area contributed by atoms with Crippen molar-refractivity contribution < 1.29 is 4.42 Å². The predicted octanol–water partition coefficient (Wildman–Crippen LogP) is 14.9. The molecule has 264 valence electrons. The molecule has 0 atom stereocenters. The van der Waals surface area contributed by atoms with Crippen molar-refractivity contribution in [3.63, 3.8) is 0 Å². The van der Waals surface area contributed by atoms with Gasteiger partial charge in [-0.05, 0) is 125 Å². The molecule has 56 heavy (non-hydrogen) atoms. The van der Waals surface area contributed by atoms with Crippen molar-refractivity contribution in [3.05, 3.63) is 188 Å². The number of anilines is 3. The molecule has 0 bridgehead atoms. The SMILES string of the molecule is c1cc2ccc(-c3c(-c4ccc(N(c5ccc(-c6nc7ccccc7o6)cc5)c5ccc(-c6nc7ccccc7s6)cc5)cc4)ccc4ccccc34)sc-2c1. The van der Waals surface area contributed by atoms with E-state index < -0.39 is 0 Å². The van der Waals surface area contributed by atoms with E-state index in [0.29, 0.717) is 5.89 Å². The van der Waals surface area contributed by atoms with Crippen molar-refractivity contribution in [3.8, 4) is 54.0 Å². The Hall–Kier alpha value is -6.86. The van der Waals surface area contributed by atoms with Crippen LogP contribution in [0.3, 0.4) is 0 Å². The number of thiazole rings is 1. The van der Waals surface area contributed by atoms with E-state index in [2.05, 4.69) is 163 Å². The number of aromatic nitrogens is 2. The summed E-state index contributed by atoms with van der Waals surface area (Å²) in [7, 11) is 0. The second kappa shape index (κ2) is 13.5. The zero-order valence-electron chi connectivity index (χ0n) is 30.0. The summed E-state index contributed by atoms with van der Waals surface area (Å²) in [6, 6.07) is 66.6. The maximum Gasteiger partial charge on any atom is 0.227 e. The number of hydrogen-bond acceptors (Lipinski definition) is 6. The van der Waals surface area contributed by atoms with Crippen molar-refractivity contribution in [2.75, 3.05) is 4.90 Å². The molecule has 0 unspecified atom stereocenters. The fourth-order valence-corrected chi connectivity index (χ4v) is 9.68. The van der Waals surface area contributed by atoms with E-state index in [9.17, 15) is 0 Å². The second-order valence-electron chi connectivity index (χ2n) is 13.8. The van der Waals surface area contributed by atoms with Gasteiger partial charge in [0, 0.05) is 43.5 Å². The monoisotopic (exact) mass is 753 g/mol. The predicted molar refractivity (Wildman–Crippen MR) is 236 cm³/mol. The Morgan fingerprint density at radius 3 is 1.86 bits per heavy atom. The van der Waals surface area contributed by atoms with E-state index in [1.54, 1.807) is 11.3 Å². The quantitative estimate of drug-likeness (QED) is 0.163. The lowest BCUT2D eigenvalue weighted by molar-refractivity contribution is 0.620. The Labute approximate surface area is 331 Å². The number of fused-ring (bicyclic) bond motifs is 4. The fraction of sp³-hybridized carbons (Fsp3) is 0. The molecular weight excluding hydrogens is 723 g/mol. The van der Waals surface area contributed by atoms with Crippen LogP contribution in [0.2, 0.25) is 0 Å². The lowest BCUT2D eigenvalue weighted by Gasteiger charge is -2.26. The first-order valence-corrected chi connectivity index (χ1v) is 20.2. The van der Waals surface area contributed by atoms with Gasteiger partial charge in [0.1, 0.15) is 10.5 Å². The van der Waals surface area contributed by atoms with Crippen LogP contribution < -0.4 is 4.90 Å². The number of rotatable bonds is 7. The molecule has 6 heteroatoms. The highest BCUT2D eigenvalue weighted by molar-refractivity contribution is 7.21. The van der Waals surface area contributed by atoms with Crippen molar-refractivity contribution in [2.45, 2.75) is 0 Å². The zero-order chi connectivity index (χ0) is 37.0. The molecule has 7 aromatic carbocycles. The van der Waals surface area contributed by atoms with Crippen LogP contribution in [0.4, 0.5) is 17.1 Å². The molecule has 1 aliphatic heterocycles. The summed E-state index contributed by atoms with van der Waals surface area (Å²) in [6.45, 7) is 0. The molecule has 11 rings (SSSR count). The average molecular weight is 754 g/mol. The third-order valence-electron chi connectivity index (χ3n) is 10.4. The fourth-order valence-electron chi connectivity index (χ4n) is 7.61. The number of hydrogen-bond donors (Lipinski definition) is 0. The van der Waals surface area contributed by atoms with Crippen LogP contribution >= 0.6 is 22.7 Å². The van der Waals surface area contributed by atoms with E-state index in [1.807, 2.05) is 41.7 Å². The van der Waals surface area contributed by atoms with E-state index >= 15 is 0 Å². The van der Waals surface area contributed by atoms with Gasteiger partial charge in [0.15, 0.2) is 5.58 Å². The Morgan fingerprint density at radius 2 is 1.09 bits per heavy atom. The molecule has 0 amide bonds. The van der Waals surface area contributed by atoms with Gasteiger partial charge in [-0.3, -0.25) is 0 Å². The molecule has 1 aliphatic carbocycles. The molecule has 0 N–H and O–H groups in total. The normalized spacial score (nSPS) is 11.6. The molecule has 0 spiro atoms. The minimum Gasteiger partial charge on any atom is -0.436 e. The third-order valence-corrected chi connectivity index (χ3v) is 12.6. The van der Waals surface area contributed by atoms with E-state index in [1.165, 1.54) is 47.5 Å². The van der Waals surface area contributed by atoms with Gasteiger partial charge >= 0.3 is 0 Å². The second-order valence-corrected chi connectivity index (χ2v) is 15.9. The molecule has 0 radical (unpaired) electrons. The van der Waals surface area contributed by atoms with E-state index in [4.69, 9.17) is 14.4 Å². The average Bonchev–Trinajstić information content (AvgIpc) is 4.03. The zero-order valence-corrected chi connectivity index (χ0v) is 31.6. The molecule has 0 saturated carbocycles. The molecule has 3 heterocycles. The van der Waals surface area contributed by atoms with Gasteiger partial charge in [0.25, 0.3) is 0 Å². The van der Waals surface area contributed by atoms with Crippen LogP contribution in [-0.2, 0) is 0 Å². The standard InChI is InChI=1S/C50H31N3OS2/c1-2-10-40-32(8-1)22-30-41(48(40)47-31-23-34-9-7-15-45(34)55-47)33-16-24-37(25-17-33)53(38-26-18-35(19-27-38)49-51-42-11-3-5-13-44(42)54-49)39-28-20-36(21-29-39)50-52-43-12-4-6-14-46(43)56-50/h1-31H. The van der Waals surface area contributed by atoms with E-state index in [0.717, 1.165) is 49.8 Å². The summed E-state index contributed by atoms with van der Waals surface area (Å²) in [5.74, 6) is 0.610. The Bertz CT molecular complexity index is 2960. The first-order chi connectivity index (χ1) is 27.7. The first kappa shape index (κ1) is 32.6. The largest absolute Gasteiger partial charge is 0.436 e. The van der Waals surface area contributed by atoms with Crippen molar-refractivity contribution in [1.82, 2.24) is 9.97 Å². The van der Waals surface area contributed by atoms with Gasteiger partial charge in [-0.15, -0.1) is 22.7 Å². The summed E-state index contributed by atoms with van der Waals surface area (Å²) < 4.78 is 7.30. The van der Waals surface area contributed by atoms with Gasteiger partial charge in [0.2, 0.25) is 5.89 Å². The first-order valence-electron chi connectivity index (χ1n) is 18.6. The molecule has 0 fully saturated rings. The van der Waals surface area contributed by atoms with Crippen LogP contribution in [-0.4, -0.2) is 9.97 Å². The molecule has 0 saturated heterocycles. The number of oxazole rings is 1. The topological polar surface area (TPSA) is 42.2 Å². The van der Waals surface area contributed by atoms with Crippen LogP contribution in [0.5, 0.6) is 0 Å². The number of para-hydroxylation sites is 3. The van der Waals surface area contributed by atoms with Crippen molar-refractivity contribution in [2.24, 2.45) is 0 Å². The highest BCUT2D eigenvalue weighted by Crippen LogP contribution is 2.44. The highest BCUT2D eigenvalue weighted by Gasteiger charge is 2.18. The summed E-state index contributed by atoms with van der Waals surface area (Å²) in [6.07, 6.45) is 0. The maximum atomic E-state index is 6.11. The Morgan fingerprint density at radius 1 is 0.429 bits per heavy atom. The van der Waals surface area contributed by atoms with Gasteiger partial charge in [-0.1, -0.05) is 91.0 Å². The highest BCUT2D eigenvalue weighted by atomic mass is 32.1. The summed E-state index contributed by atoms with van der Waals surface area (Å²) >= 11 is 3.57. The lowest BCUT2D eigenvalue weighted by atomic mass is 9.93. The van der Waals surface area contributed by atoms with Crippen molar-refractivity contribution >= 4 is 71.8 Å².